The van der Waals surface area contributed by atoms with Crippen LogP contribution in [0.5, 0.6) is 0 Å². The molecule has 0 atom stereocenters. The van der Waals surface area contributed by atoms with Crippen LogP contribution in [0.15, 0.2) is 24.3 Å². The first-order chi connectivity index (χ1) is 6.16. The summed E-state index contributed by atoms with van der Waals surface area (Å²) in [6, 6.07) is 8.19. The molecule has 0 aromatic heterocycles. The summed E-state index contributed by atoms with van der Waals surface area (Å²) in [6.07, 6.45) is 1.40. The lowest BCUT2D eigenvalue weighted by atomic mass is 10.1. The molecule has 1 nitrogen and oxygen atoms in total. The fourth-order valence-corrected chi connectivity index (χ4v) is 1.34. The second-order valence-corrected chi connectivity index (χ2v) is 3.37. The molecule has 0 saturated carbocycles. The fraction of sp³-hybridized carbons (Fsp3) is 0.250. The van der Waals surface area contributed by atoms with Crippen LogP contribution in [0.25, 0.3) is 11.1 Å². The van der Waals surface area contributed by atoms with Crippen LogP contribution < -0.4 is 10.4 Å². The molecule has 1 N–H and O–H groups in total. The van der Waals surface area contributed by atoms with Gasteiger partial charge in [0.1, 0.15) is 0 Å². The smallest absolute Gasteiger partial charge is 0.0213 e. The lowest BCUT2D eigenvalue weighted by molar-refractivity contribution is 1.42. The molecule has 0 radical (unpaired) electrons. The van der Waals surface area contributed by atoms with E-state index < -0.39 is 0 Å². The highest BCUT2D eigenvalue weighted by Crippen LogP contribution is 1.86. The first-order valence-electron chi connectivity index (χ1n) is 4.40. The van der Waals surface area contributed by atoms with E-state index in [4.69, 9.17) is 5.41 Å². The van der Waals surface area contributed by atoms with Crippen molar-refractivity contribution in [3.05, 3.63) is 34.7 Å². The quantitative estimate of drug-likeness (QED) is 0.625. The average Bonchev–Trinajstić information content (AvgIpc) is 2.16. The maximum atomic E-state index is 7.21. The summed E-state index contributed by atoms with van der Waals surface area (Å²) < 4.78 is 0. The first kappa shape index (κ1) is 9.72. The molecule has 0 aliphatic rings. The second-order valence-electron chi connectivity index (χ2n) is 3.37. The Bertz CT molecular complexity index is 423. The van der Waals surface area contributed by atoms with E-state index in [2.05, 4.69) is 26.0 Å². The van der Waals surface area contributed by atoms with E-state index in [9.17, 15) is 0 Å². The number of rotatable bonds is 1. The van der Waals surface area contributed by atoms with E-state index in [0.29, 0.717) is 0 Å². The van der Waals surface area contributed by atoms with Gasteiger partial charge >= 0.3 is 0 Å². The second kappa shape index (κ2) is 4.04. The predicted octanol–water partition coefficient (Wildman–Crippen LogP) is 1.70. The van der Waals surface area contributed by atoms with Crippen LogP contribution in [-0.2, 0) is 0 Å². The molecule has 0 fully saturated rings. The highest BCUT2D eigenvalue weighted by atomic mass is 14.3. The molecular weight excluding hydrogens is 158 g/mol. The lowest BCUT2D eigenvalue weighted by Gasteiger charge is -1.96. The summed E-state index contributed by atoms with van der Waals surface area (Å²) in [6.45, 7) is 6.15. The Balaban J connectivity index is 3.76. The van der Waals surface area contributed by atoms with Gasteiger partial charge in [-0.1, -0.05) is 29.8 Å². The van der Waals surface area contributed by atoms with Gasteiger partial charge in [0.25, 0.3) is 0 Å². The monoisotopic (exact) mass is 173 g/mol. The van der Waals surface area contributed by atoms with Crippen molar-refractivity contribution >= 4 is 17.4 Å². The van der Waals surface area contributed by atoms with Crippen molar-refractivity contribution in [3.63, 3.8) is 0 Å². The molecule has 0 heterocycles. The van der Waals surface area contributed by atoms with Gasteiger partial charge in [0, 0.05) is 6.21 Å². The van der Waals surface area contributed by atoms with Gasteiger partial charge in [0.05, 0.1) is 0 Å². The minimum absolute atomic E-state index is 1.01. The molecule has 1 rings (SSSR count). The van der Waals surface area contributed by atoms with E-state index >= 15 is 0 Å². The van der Waals surface area contributed by atoms with Crippen LogP contribution in [0.3, 0.4) is 0 Å². The van der Waals surface area contributed by atoms with E-state index in [1.807, 2.05) is 19.1 Å². The third-order valence-corrected chi connectivity index (χ3v) is 2.11. The number of benzene rings is 1. The average molecular weight is 173 g/mol. The van der Waals surface area contributed by atoms with Crippen molar-refractivity contribution in [2.75, 3.05) is 0 Å². The van der Waals surface area contributed by atoms with Gasteiger partial charge in [-0.15, -0.1) is 0 Å². The van der Waals surface area contributed by atoms with E-state index in [-0.39, 0.29) is 0 Å². The molecule has 13 heavy (non-hydrogen) atoms. The zero-order chi connectivity index (χ0) is 9.84. The highest BCUT2D eigenvalue weighted by Gasteiger charge is 1.89. The number of nitrogens with one attached hydrogen (secondary N) is 1. The summed E-state index contributed by atoms with van der Waals surface area (Å²) >= 11 is 0. The van der Waals surface area contributed by atoms with Crippen molar-refractivity contribution in [1.29, 1.82) is 5.41 Å². The molecular formula is C12H15N. The maximum absolute atomic E-state index is 7.21. The largest absolute Gasteiger partial charge is 0.308 e. The molecule has 0 spiro atoms. The molecule has 0 aliphatic heterocycles. The molecule has 0 amide bonds. The van der Waals surface area contributed by atoms with Crippen LogP contribution in [0.4, 0.5) is 0 Å². The lowest BCUT2D eigenvalue weighted by Crippen LogP contribution is -2.27. The Morgan fingerprint density at radius 1 is 1.08 bits per heavy atom. The van der Waals surface area contributed by atoms with Crippen LogP contribution in [0.1, 0.15) is 20.8 Å². The standard InChI is InChI=1S/C12H15N/c1-9(2)11-6-4-5-7-12(11)10(3)8-13/h4-8,13H,1-3H3/b12-10-,13-8?. The summed E-state index contributed by atoms with van der Waals surface area (Å²) in [5.41, 5.74) is 2.30. The number of hydrogen-bond acceptors (Lipinski definition) is 1. The van der Waals surface area contributed by atoms with Crippen LogP contribution in [0.2, 0.25) is 0 Å². The van der Waals surface area contributed by atoms with Crippen LogP contribution in [0, 0.1) is 5.41 Å². The Morgan fingerprint density at radius 2 is 1.62 bits per heavy atom. The summed E-state index contributed by atoms with van der Waals surface area (Å²) in [4.78, 5) is 0. The van der Waals surface area contributed by atoms with Crippen molar-refractivity contribution in [3.8, 4) is 0 Å². The van der Waals surface area contributed by atoms with Gasteiger partial charge in [-0.2, -0.15) is 0 Å². The van der Waals surface area contributed by atoms with Gasteiger partial charge in [-0.25, -0.2) is 0 Å². The predicted molar refractivity (Wildman–Crippen MR) is 58.3 cm³/mol. The zero-order valence-electron chi connectivity index (χ0n) is 8.39. The van der Waals surface area contributed by atoms with E-state index in [1.54, 1.807) is 0 Å². The molecule has 0 unspecified atom stereocenters. The van der Waals surface area contributed by atoms with Crippen molar-refractivity contribution < 1.29 is 0 Å². The van der Waals surface area contributed by atoms with Gasteiger partial charge < -0.3 is 5.41 Å². The van der Waals surface area contributed by atoms with Gasteiger partial charge in [0.15, 0.2) is 0 Å². The van der Waals surface area contributed by atoms with Gasteiger partial charge in [-0.3, -0.25) is 0 Å². The molecule has 1 aromatic carbocycles. The van der Waals surface area contributed by atoms with E-state index in [0.717, 1.165) is 10.8 Å². The Morgan fingerprint density at radius 3 is 2.08 bits per heavy atom. The van der Waals surface area contributed by atoms with Gasteiger partial charge in [0.2, 0.25) is 0 Å². The molecule has 1 aromatic rings. The maximum Gasteiger partial charge on any atom is 0.0213 e. The number of hydrogen-bond donors (Lipinski definition) is 1. The van der Waals surface area contributed by atoms with Crippen molar-refractivity contribution in [1.82, 2.24) is 0 Å². The molecule has 0 aliphatic carbocycles. The first-order valence-corrected chi connectivity index (χ1v) is 4.40. The Kier molecular flexibility index (Phi) is 3.02. The topological polar surface area (TPSA) is 23.9 Å². The van der Waals surface area contributed by atoms with E-state index in [1.165, 1.54) is 17.0 Å². The summed E-state index contributed by atoms with van der Waals surface area (Å²) in [5.74, 6) is 0. The Hall–Kier alpha value is -1.37. The minimum atomic E-state index is 1.01. The van der Waals surface area contributed by atoms with Crippen LogP contribution >= 0.6 is 0 Å². The summed E-state index contributed by atoms with van der Waals surface area (Å²) in [7, 11) is 0. The summed E-state index contributed by atoms with van der Waals surface area (Å²) in [5, 5.41) is 9.62. The minimum Gasteiger partial charge on any atom is -0.308 e. The SMILES string of the molecule is CC(C)=c1cccc/c1=C(\C)C=N. The third-order valence-electron chi connectivity index (χ3n) is 2.11. The van der Waals surface area contributed by atoms with Crippen LogP contribution in [-0.4, -0.2) is 6.21 Å². The zero-order valence-corrected chi connectivity index (χ0v) is 8.39. The molecule has 68 valence electrons. The Labute approximate surface area is 78.9 Å². The normalized spacial score (nSPS) is 12.2. The molecule has 1 heteroatoms. The fourth-order valence-electron chi connectivity index (χ4n) is 1.34. The van der Waals surface area contributed by atoms with Crippen molar-refractivity contribution in [2.24, 2.45) is 0 Å². The highest BCUT2D eigenvalue weighted by molar-refractivity contribution is 5.98. The molecule has 0 saturated heterocycles. The third kappa shape index (κ3) is 2.05. The van der Waals surface area contributed by atoms with Gasteiger partial charge in [-0.05, 0) is 36.8 Å². The van der Waals surface area contributed by atoms with Crippen molar-refractivity contribution in [2.45, 2.75) is 20.8 Å². The molecule has 0 bridgehead atoms.